The van der Waals surface area contributed by atoms with Crippen molar-refractivity contribution in [3.8, 4) is 0 Å². The van der Waals surface area contributed by atoms with E-state index in [0.29, 0.717) is 0 Å². The average Bonchev–Trinajstić information content (AvgIpc) is 2.41. The molecular weight excluding hydrogens is 208 g/mol. The smallest absolute Gasteiger partial charge is 0.0138 e. The zero-order valence-electron chi connectivity index (χ0n) is 10.4. The molecule has 0 unspecified atom stereocenters. The van der Waals surface area contributed by atoms with Gasteiger partial charge in [0, 0.05) is 6.54 Å². The summed E-state index contributed by atoms with van der Waals surface area (Å²) in [6.07, 6.45) is 7.01. The molecule has 1 aliphatic heterocycles. The molecule has 0 radical (unpaired) electrons. The number of hydrogen-bond donors (Lipinski definition) is 2. The van der Waals surface area contributed by atoms with E-state index in [1.807, 2.05) is 6.07 Å². The Balaban J connectivity index is 1.61. The zero-order chi connectivity index (χ0) is 11.8. The molecule has 1 aromatic carbocycles. The fraction of sp³-hybridized carbons (Fsp3) is 0.467. The van der Waals surface area contributed by atoms with Crippen LogP contribution in [0.4, 0.5) is 0 Å². The average molecular weight is 230 g/mol. The summed E-state index contributed by atoms with van der Waals surface area (Å²) in [5.74, 6) is 0.862. The van der Waals surface area contributed by atoms with Gasteiger partial charge in [0.1, 0.15) is 0 Å². The number of piperidine rings is 1. The lowest BCUT2D eigenvalue weighted by Gasteiger charge is -2.22. The van der Waals surface area contributed by atoms with Crippen molar-refractivity contribution in [2.75, 3.05) is 26.2 Å². The van der Waals surface area contributed by atoms with Crippen molar-refractivity contribution in [1.82, 2.24) is 10.6 Å². The number of hydrogen-bond acceptors (Lipinski definition) is 2. The van der Waals surface area contributed by atoms with E-state index in [9.17, 15) is 0 Å². The van der Waals surface area contributed by atoms with Crippen molar-refractivity contribution in [3.05, 3.63) is 42.0 Å². The zero-order valence-corrected chi connectivity index (χ0v) is 10.4. The molecule has 2 nitrogen and oxygen atoms in total. The molecule has 17 heavy (non-hydrogen) atoms. The standard InChI is InChI=1S/C15H22N2/c1-2-5-14(6-3-1)7-4-10-17-13-15-8-11-16-12-9-15/h1-7,15-17H,8-13H2/b7-4+. The minimum absolute atomic E-state index is 0.862. The van der Waals surface area contributed by atoms with Crippen LogP contribution >= 0.6 is 0 Å². The number of rotatable bonds is 5. The highest BCUT2D eigenvalue weighted by atomic mass is 14.9. The first-order valence-electron chi connectivity index (χ1n) is 6.58. The highest BCUT2D eigenvalue weighted by Gasteiger charge is 2.11. The molecule has 0 atom stereocenters. The second-order valence-electron chi connectivity index (χ2n) is 4.66. The van der Waals surface area contributed by atoms with E-state index >= 15 is 0 Å². The summed E-state index contributed by atoms with van der Waals surface area (Å²) in [7, 11) is 0. The summed E-state index contributed by atoms with van der Waals surface area (Å²) in [4.78, 5) is 0. The second kappa shape index (κ2) is 7.25. The van der Waals surface area contributed by atoms with Crippen LogP contribution in [0.5, 0.6) is 0 Å². The van der Waals surface area contributed by atoms with E-state index in [4.69, 9.17) is 0 Å². The molecule has 1 heterocycles. The van der Waals surface area contributed by atoms with E-state index in [-0.39, 0.29) is 0 Å². The van der Waals surface area contributed by atoms with Crippen molar-refractivity contribution >= 4 is 6.08 Å². The van der Waals surface area contributed by atoms with Gasteiger partial charge in [-0.1, -0.05) is 42.5 Å². The number of benzene rings is 1. The van der Waals surface area contributed by atoms with Crippen molar-refractivity contribution in [1.29, 1.82) is 0 Å². The Morgan fingerprint density at radius 1 is 1.18 bits per heavy atom. The maximum Gasteiger partial charge on any atom is 0.0138 e. The van der Waals surface area contributed by atoms with E-state index in [0.717, 1.165) is 19.0 Å². The Hall–Kier alpha value is -1.12. The Morgan fingerprint density at radius 3 is 2.71 bits per heavy atom. The predicted molar refractivity (Wildman–Crippen MR) is 73.9 cm³/mol. The topological polar surface area (TPSA) is 24.1 Å². The fourth-order valence-corrected chi connectivity index (χ4v) is 2.22. The van der Waals surface area contributed by atoms with Crippen molar-refractivity contribution in [3.63, 3.8) is 0 Å². The van der Waals surface area contributed by atoms with Crippen LogP contribution in [0, 0.1) is 5.92 Å². The van der Waals surface area contributed by atoms with Crippen LogP contribution in [0.25, 0.3) is 6.08 Å². The van der Waals surface area contributed by atoms with Gasteiger partial charge in [0.05, 0.1) is 0 Å². The third kappa shape index (κ3) is 4.72. The quantitative estimate of drug-likeness (QED) is 0.758. The molecule has 2 rings (SSSR count). The van der Waals surface area contributed by atoms with Crippen LogP contribution in [-0.4, -0.2) is 26.2 Å². The van der Waals surface area contributed by atoms with Gasteiger partial charge in [-0.2, -0.15) is 0 Å². The lowest BCUT2D eigenvalue weighted by molar-refractivity contribution is 0.361. The molecule has 92 valence electrons. The number of nitrogens with one attached hydrogen (secondary N) is 2. The van der Waals surface area contributed by atoms with Gasteiger partial charge in [0.25, 0.3) is 0 Å². The Labute approximate surface area is 104 Å². The highest BCUT2D eigenvalue weighted by Crippen LogP contribution is 2.09. The van der Waals surface area contributed by atoms with Gasteiger partial charge in [-0.05, 0) is 44.0 Å². The maximum atomic E-state index is 3.51. The van der Waals surface area contributed by atoms with E-state index < -0.39 is 0 Å². The normalized spacial score (nSPS) is 17.6. The molecule has 0 spiro atoms. The van der Waals surface area contributed by atoms with Gasteiger partial charge in [-0.15, -0.1) is 0 Å². The minimum atomic E-state index is 0.862. The van der Waals surface area contributed by atoms with E-state index in [1.54, 1.807) is 0 Å². The molecule has 2 N–H and O–H groups in total. The summed E-state index contributed by atoms with van der Waals surface area (Å²) in [6.45, 7) is 4.50. The second-order valence-corrected chi connectivity index (χ2v) is 4.66. The summed E-state index contributed by atoms with van der Waals surface area (Å²) >= 11 is 0. The van der Waals surface area contributed by atoms with Gasteiger partial charge in [0.2, 0.25) is 0 Å². The van der Waals surface area contributed by atoms with Gasteiger partial charge in [-0.3, -0.25) is 0 Å². The molecule has 0 saturated carbocycles. The van der Waals surface area contributed by atoms with Crippen LogP contribution in [0.1, 0.15) is 18.4 Å². The van der Waals surface area contributed by atoms with Crippen LogP contribution < -0.4 is 10.6 Å². The Morgan fingerprint density at radius 2 is 1.94 bits per heavy atom. The van der Waals surface area contributed by atoms with Crippen molar-refractivity contribution in [2.24, 2.45) is 5.92 Å². The molecule has 1 saturated heterocycles. The summed E-state index contributed by atoms with van der Waals surface area (Å²) < 4.78 is 0. The largest absolute Gasteiger partial charge is 0.317 e. The first-order chi connectivity index (χ1) is 8.45. The summed E-state index contributed by atoms with van der Waals surface area (Å²) in [5, 5.41) is 6.91. The van der Waals surface area contributed by atoms with Crippen LogP contribution in [0.2, 0.25) is 0 Å². The van der Waals surface area contributed by atoms with Crippen LogP contribution in [0.3, 0.4) is 0 Å². The fourth-order valence-electron chi connectivity index (χ4n) is 2.22. The molecule has 1 fully saturated rings. The predicted octanol–water partition coefficient (Wildman–Crippen LogP) is 2.29. The Kier molecular flexibility index (Phi) is 5.27. The highest BCUT2D eigenvalue weighted by molar-refractivity contribution is 5.48. The molecule has 2 heteroatoms. The molecule has 0 aromatic heterocycles. The first-order valence-corrected chi connectivity index (χ1v) is 6.58. The molecule has 1 aromatic rings. The maximum absolute atomic E-state index is 3.51. The third-order valence-electron chi connectivity index (χ3n) is 3.26. The molecule has 0 bridgehead atoms. The summed E-state index contributed by atoms with van der Waals surface area (Å²) in [5.41, 5.74) is 1.27. The lowest BCUT2D eigenvalue weighted by Crippen LogP contribution is -2.33. The Bertz CT molecular complexity index is 326. The van der Waals surface area contributed by atoms with Crippen LogP contribution in [-0.2, 0) is 0 Å². The molecular formula is C15H22N2. The van der Waals surface area contributed by atoms with Crippen molar-refractivity contribution < 1.29 is 0 Å². The lowest BCUT2D eigenvalue weighted by atomic mass is 9.98. The van der Waals surface area contributed by atoms with Gasteiger partial charge in [-0.25, -0.2) is 0 Å². The summed E-state index contributed by atoms with van der Waals surface area (Å²) in [6, 6.07) is 10.4. The van der Waals surface area contributed by atoms with Gasteiger partial charge >= 0.3 is 0 Å². The SMILES string of the molecule is C(=C\c1ccccc1)/CNCC1CCNCC1. The van der Waals surface area contributed by atoms with Gasteiger partial charge in [0.15, 0.2) is 0 Å². The molecule has 0 amide bonds. The van der Waals surface area contributed by atoms with Crippen LogP contribution in [0.15, 0.2) is 36.4 Å². The molecule has 0 aliphatic carbocycles. The first kappa shape index (κ1) is 12.3. The van der Waals surface area contributed by atoms with Gasteiger partial charge < -0.3 is 10.6 Å². The van der Waals surface area contributed by atoms with Crippen molar-refractivity contribution in [2.45, 2.75) is 12.8 Å². The molecule has 1 aliphatic rings. The monoisotopic (exact) mass is 230 g/mol. The van der Waals surface area contributed by atoms with E-state index in [1.165, 1.54) is 31.5 Å². The minimum Gasteiger partial charge on any atom is -0.317 e. The van der Waals surface area contributed by atoms with E-state index in [2.05, 4.69) is 47.1 Å². The third-order valence-corrected chi connectivity index (χ3v) is 3.26.